The molecule has 0 bridgehead atoms. The molecule has 1 aliphatic heterocycles. The number of carbonyl (C=O) groups excluding carboxylic acids is 1. The Kier molecular flexibility index (Phi) is 5.35. The highest BCUT2D eigenvalue weighted by Crippen LogP contribution is 2.31. The normalized spacial score (nSPS) is 17.7. The molecular formula is C19H22N2O5S2. The van der Waals surface area contributed by atoms with Gasteiger partial charge in [0.25, 0.3) is 0 Å². The van der Waals surface area contributed by atoms with E-state index in [1.807, 2.05) is 30.3 Å². The maximum absolute atomic E-state index is 13.0. The lowest BCUT2D eigenvalue weighted by molar-refractivity contribution is -0.116. The van der Waals surface area contributed by atoms with E-state index < -0.39 is 32.0 Å². The summed E-state index contributed by atoms with van der Waals surface area (Å²) in [6.45, 7) is 4.93. The predicted octanol–water partition coefficient (Wildman–Crippen LogP) is 2.41. The van der Waals surface area contributed by atoms with Crippen LogP contribution in [0.1, 0.15) is 36.1 Å². The maximum Gasteiger partial charge on any atom is 0.242 e. The molecule has 0 aromatic heterocycles. The van der Waals surface area contributed by atoms with Crippen LogP contribution in [-0.4, -0.2) is 28.5 Å². The van der Waals surface area contributed by atoms with E-state index in [1.54, 1.807) is 20.8 Å². The first kappa shape index (κ1) is 20.5. The van der Waals surface area contributed by atoms with Crippen molar-refractivity contribution in [3.8, 4) is 0 Å². The minimum Gasteiger partial charge on any atom is -0.273 e. The largest absolute Gasteiger partial charge is 0.273 e. The first-order valence-electron chi connectivity index (χ1n) is 8.77. The minimum absolute atomic E-state index is 0.0728. The summed E-state index contributed by atoms with van der Waals surface area (Å²) in [5.74, 6) is -0.745. The number of sulfonamides is 2. The lowest BCUT2D eigenvalue weighted by atomic mass is 10.1. The summed E-state index contributed by atoms with van der Waals surface area (Å²) in [6.07, 6.45) is -0.0728. The lowest BCUT2D eigenvalue weighted by Crippen LogP contribution is -2.30. The third-order valence-electron chi connectivity index (χ3n) is 4.66. The SMILES string of the molecule is Cc1cc(N2C(=O)CCS2(=O)=O)cc(C)c1S(=O)(=O)N[C@H](C)c1ccccc1. The number of carbonyl (C=O) groups is 1. The molecule has 7 nitrogen and oxygen atoms in total. The molecule has 1 heterocycles. The van der Waals surface area contributed by atoms with Gasteiger partial charge in [-0.05, 0) is 49.6 Å². The summed E-state index contributed by atoms with van der Waals surface area (Å²) >= 11 is 0. The molecule has 28 heavy (non-hydrogen) atoms. The zero-order valence-electron chi connectivity index (χ0n) is 15.8. The van der Waals surface area contributed by atoms with Crippen molar-refractivity contribution in [2.45, 2.75) is 38.1 Å². The van der Waals surface area contributed by atoms with Crippen LogP contribution in [-0.2, 0) is 24.8 Å². The monoisotopic (exact) mass is 422 g/mol. The first-order chi connectivity index (χ1) is 13.0. The first-order valence-corrected chi connectivity index (χ1v) is 11.9. The molecule has 3 rings (SSSR count). The van der Waals surface area contributed by atoms with Crippen molar-refractivity contribution in [1.29, 1.82) is 0 Å². The fourth-order valence-corrected chi connectivity index (χ4v) is 6.57. The van der Waals surface area contributed by atoms with Crippen molar-refractivity contribution in [2.75, 3.05) is 10.1 Å². The number of aryl methyl sites for hydroxylation is 2. The fourth-order valence-electron chi connectivity index (χ4n) is 3.44. The number of benzene rings is 2. The number of hydrogen-bond donors (Lipinski definition) is 1. The third kappa shape index (κ3) is 3.82. The van der Waals surface area contributed by atoms with Gasteiger partial charge in [-0.3, -0.25) is 4.79 Å². The Morgan fingerprint density at radius 1 is 1.07 bits per heavy atom. The molecule has 150 valence electrons. The van der Waals surface area contributed by atoms with Crippen molar-refractivity contribution in [3.05, 3.63) is 59.2 Å². The van der Waals surface area contributed by atoms with E-state index in [4.69, 9.17) is 0 Å². The van der Waals surface area contributed by atoms with Crippen LogP contribution in [0, 0.1) is 13.8 Å². The molecule has 0 aliphatic carbocycles. The van der Waals surface area contributed by atoms with Crippen LogP contribution < -0.4 is 9.03 Å². The van der Waals surface area contributed by atoms with Crippen molar-refractivity contribution in [3.63, 3.8) is 0 Å². The zero-order valence-corrected chi connectivity index (χ0v) is 17.5. The molecule has 0 spiro atoms. The van der Waals surface area contributed by atoms with Gasteiger partial charge in [-0.1, -0.05) is 30.3 Å². The van der Waals surface area contributed by atoms with Gasteiger partial charge in [0.15, 0.2) is 0 Å². The number of amides is 1. The second-order valence-corrected chi connectivity index (χ2v) is 10.5. The summed E-state index contributed by atoms with van der Waals surface area (Å²) in [7, 11) is -7.56. The molecule has 1 atom stereocenters. The highest BCUT2D eigenvalue weighted by molar-refractivity contribution is 7.94. The molecular weight excluding hydrogens is 400 g/mol. The van der Waals surface area contributed by atoms with Gasteiger partial charge in [-0.15, -0.1) is 0 Å². The minimum atomic E-state index is -3.85. The van der Waals surface area contributed by atoms with Gasteiger partial charge in [-0.25, -0.2) is 25.9 Å². The van der Waals surface area contributed by atoms with Crippen molar-refractivity contribution in [2.24, 2.45) is 0 Å². The molecule has 9 heteroatoms. The Morgan fingerprint density at radius 3 is 2.14 bits per heavy atom. The lowest BCUT2D eigenvalue weighted by Gasteiger charge is -2.20. The Bertz CT molecular complexity index is 1100. The van der Waals surface area contributed by atoms with Crippen molar-refractivity contribution < 1.29 is 21.6 Å². The molecule has 0 saturated carbocycles. The van der Waals surface area contributed by atoms with Gasteiger partial charge >= 0.3 is 0 Å². The van der Waals surface area contributed by atoms with Crippen molar-refractivity contribution in [1.82, 2.24) is 4.72 Å². The van der Waals surface area contributed by atoms with E-state index in [1.165, 1.54) is 12.1 Å². The van der Waals surface area contributed by atoms with Gasteiger partial charge in [0.1, 0.15) is 0 Å². The third-order valence-corrected chi connectivity index (χ3v) is 8.19. The second kappa shape index (κ2) is 7.31. The van der Waals surface area contributed by atoms with E-state index >= 15 is 0 Å². The topological polar surface area (TPSA) is 101 Å². The van der Waals surface area contributed by atoms with Gasteiger partial charge in [-0.2, -0.15) is 0 Å². The van der Waals surface area contributed by atoms with E-state index in [0.717, 1.165) is 9.87 Å². The zero-order chi connectivity index (χ0) is 20.7. The van der Waals surface area contributed by atoms with Crippen LogP contribution in [0.5, 0.6) is 0 Å². The summed E-state index contributed by atoms with van der Waals surface area (Å²) in [5, 5.41) is 0. The molecule has 0 unspecified atom stereocenters. The van der Waals surface area contributed by atoms with E-state index in [0.29, 0.717) is 11.1 Å². The molecule has 1 fully saturated rings. The van der Waals surface area contributed by atoms with Gasteiger partial charge in [0.2, 0.25) is 26.0 Å². The van der Waals surface area contributed by atoms with E-state index in [9.17, 15) is 21.6 Å². The summed E-state index contributed by atoms with van der Waals surface area (Å²) in [6, 6.07) is 11.6. The molecule has 2 aromatic carbocycles. The molecule has 0 radical (unpaired) electrons. The van der Waals surface area contributed by atoms with E-state index in [2.05, 4.69) is 4.72 Å². The van der Waals surface area contributed by atoms with Gasteiger partial charge in [0, 0.05) is 12.5 Å². The van der Waals surface area contributed by atoms with Crippen LogP contribution in [0.25, 0.3) is 0 Å². The number of rotatable bonds is 5. The standard InChI is InChI=1S/C19H22N2O5S2/c1-13-11-17(21-18(22)9-10-27(21,23)24)12-14(2)19(13)28(25,26)20-15(3)16-7-5-4-6-8-16/h4-8,11-12,15,20H,9-10H2,1-3H3/t15-/m1/s1. The highest BCUT2D eigenvalue weighted by atomic mass is 32.2. The van der Waals surface area contributed by atoms with Crippen LogP contribution in [0.15, 0.2) is 47.4 Å². The number of hydrogen-bond acceptors (Lipinski definition) is 5. The number of nitrogens with one attached hydrogen (secondary N) is 1. The highest BCUT2D eigenvalue weighted by Gasteiger charge is 2.37. The Hall–Kier alpha value is -2.23. The van der Waals surface area contributed by atoms with Crippen LogP contribution in [0.3, 0.4) is 0 Å². The Morgan fingerprint density at radius 2 is 1.64 bits per heavy atom. The molecule has 1 aliphatic rings. The summed E-state index contributed by atoms with van der Waals surface area (Å²) < 4.78 is 53.7. The van der Waals surface area contributed by atoms with Crippen molar-refractivity contribution >= 4 is 31.6 Å². The average molecular weight is 423 g/mol. The Labute approximate surface area is 165 Å². The van der Waals surface area contributed by atoms with E-state index in [-0.39, 0.29) is 22.8 Å². The Balaban J connectivity index is 1.98. The summed E-state index contributed by atoms with van der Waals surface area (Å²) in [5.41, 5.74) is 1.75. The fraction of sp³-hybridized carbons (Fsp3) is 0.316. The number of anilines is 1. The predicted molar refractivity (Wildman–Crippen MR) is 107 cm³/mol. The number of nitrogens with zero attached hydrogens (tertiary/aromatic N) is 1. The van der Waals surface area contributed by atoms with Crippen LogP contribution in [0.2, 0.25) is 0 Å². The summed E-state index contributed by atoms with van der Waals surface area (Å²) in [4.78, 5) is 12.1. The van der Waals surface area contributed by atoms with Gasteiger partial charge in [0.05, 0.1) is 16.3 Å². The molecule has 1 N–H and O–H groups in total. The van der Waals surface area contributed by atoms with Crippen LogP contribution in [0.4, 0.5) is 5.69 Å². The molecule has 2 aromatic rings. The van der Waals surface area contributed by atoms with Gasteiger partial charge < -0.3 is 0 Å². The smallest absolute Gasteiger partial charge is 0.242 e. The molecule has 1 amide bonds. The second-order valence-electron chi connectivity index (χ2n) is 6.89. The van der Waals surface area contributed by atoms with Crippen LogP contribution >= 0.6 is 0 Å². The quantitative estimate of drug-likeness (QED) is 0.797. The maximum atomic E-state index is 13.0. The molecule has 1 saturated heterocycles. The average Bonchev–Trinajstić information content (AvgIpc) is 2.87.